The number of hydrogen-bond acceptors (Lipinski definition) is 3. The lowest BCUT2D eigenvalue weighted by molar-refractivity contribution is 0.0696. The maximum absolute atomic E-state index is 11.7. The SMILES string of the molecule is O=C(O)c1ccc(CCNC(=O)c2ccccn2)cc1. The molecule has 0 saturated carbocycles. The van der Waals surface area contributed by atoms with E-state index >= 15 is 0 Å². The van der Waals surface area contributed by atoms with E-state index in [9.17, 15) is 9.59 Å². The van der Waals surface area contributed by atoms with Gasteiger partial charge in [0.05, 0.1) is 5.56 Å². The first-order valence-corrected chi connectivity index (χ1v) is 6.18. The van der Waals surface area contributed by atoms with E-state index in [0.29, 0.717) is 18.7 Å². The normalized spacial score (nSPS) is 10.0. The Kier molecular flexibility index (Phi) is 4.44. The summed E-state index contributed by atoms with van der Waals surface area (Å²) >= 11 is 0. The number of carbonyl (C=O) groups excluding carboxylic acids is 1. The minimum absolute atomic E-state index is 0.215. The second-order valence-corrected chi connectivity index (χ2v) is 4.22. The lowest BCUT2D eigenvalue weighted by Crippen LogP contribution is -2.26. The summed E-state index contributed by atoms with van der Waals surface area (Å²) in [6.07, 6.45) is 2.21. The molecular formula is C15H14N2O3. The average Bonchev–Trinajstić information content (AvgIpc) is 2.48. The van der Waals surface area contributed by atoms with Crippen molar-refractivity contribution in [3.63, 3.8) is 0 Å². The Balaban J connectivity index is 1.84. The van der Waals surface area contributed by atoms with Crippen LogP contribution in [0.25, 0.3) is 0 Å². The lowest BCUT2D eigenvalue weighted by Gasteiger charge is -2.05. The Morgan fingerprint density at radius 2 is 1.85 bits per heavy atom. The molecule has 2 N–H and O–H groups in total. The van der Waals surface area contributed by atoms with E-state index < -0.39 is 5.97 Å². The Bertz CT molecular complexity index is 594. The van der Waals surface area contributed by atoms with Crippen LogP contribution >= 0.6 is 0 Å². The maximum atomic E-state index is 11.7. The first-order valence-electron chi connectivity index (χ1n) is 6.18. The third-order valence-corrected chi connectivity index (χ3v) is 2.80. The zero-order valence-electron chi connectivity index (χ0n) is 10.7. The van der Waals surface area contributed by atoms with E-state index in [2.05, 4.69) is 10.3 Å². The van der Waals surface area contributed by atoms with Crippen molar-refractivity contribution in [1.29, 1.82) is 0 Å². The fraction of sp³-hybridized carbons (Fsp3) is 0.133. The van der Waals surface area contributed by atoms with Gasteiger partial charge in [-0.25, -0.2) is 4.79 Å². The highest BCUT2D eigenvalue weighted by Gasteiger charge is 2.05. The summed E-state index contributed by atoms with van der Waals surface area (Å²) in [6.45, 7) is 0.474. The van der Waals surface area contributed by atoms with Crippen molar-refractivity contribution in [3.8, 4) is 0 Å². The number of benzene rings is 1. The number of pyridine rings is 1. The van der Waals surface area contributed by atoms with Crippen LogP contribution in [0.4, 0.5) is 0 Å². The molecule has 0 fully saturated rings. The molecule has 20 heavy (non-hydrogen) atoms. The first kappa shape index (κ1) is 13.7. The number of carboxylic acids is 1. The third kappa shape index (κ3) is 3.65. The quantitative estimate of drug-likeness (QED) is 0.867. The highest BCUT2D eigenvalue weighted by atomic mass is 16.4. The monoisotopic (exact) mass is 270 g/mol. The van der Waals surface area contributed by atoms with Crippen molar-refractivity contribution in [1.82, 2.24) is 10.3 Å². The highest BCUT2D eigenvalue weighted by molar-refractivity contribution is 5.92. The average molecular weight is 270 g/mol. The topological polar surface area (TPSA) is 79.3 Å². The number of aromatic nitrogens is 1. The number of amides is 1. The number of nitrogens with one attached hydrogen (secondary N) is 1. The largest absolute Gasteiger partial charge is 0.478 e. The molecule has 0 atom stereocenters. The molecule has 1 amide bonds. The smallest absolute Gasteiger partial charge is 0.335 e. The molecule has 102 valence electrons. The van der Waals surface area contributed by atoms with Gasteiger partial charge in [-0.3, -0.25) is 9.78 Å². The summed E-state index contributed by atoms with van der Waals surface area (Å²) in [6, 6.07) is 11.8. The lowest BCUT2D eigenvalue weighted by atomic mass is 10.1. The first-order chi connectivity index (χ1) is 9.66. The molecule has 1 aromatic carbocycles. The van der Waals surface area contributed by atoms with Crippen molar-refractivity contribution in [2.45, 2.75) is 6.42 Å². The number of aromatic carboxylic acids is 1. The van der Waals surface area contributed by atoms with Crippen LogP contribution < -0.4 is 5.32 Å². The predicted octanol–water partition coefficient (Wildman–Crippen LogP) is 1.75. The zero-order valence-corrected chi connectivity index (χ0v) is 10.7. The molecule has 0 spiro atoms. The van der Waals surface area contributed by atoms with Crippen molar-refractivity contribution < 1.29 is 14.7 Å². The Hall–Kier alpha value is -2.69. The molecule has 0 aliphatic heterocycles. The van der Waals surface area contributed by atoms with Gasteiger partial charge in [0.2, 0.25) is 0 Å². The minimum atomic E-state index is -0.944. The van der Waals surface area contributed by atoms with Crippen LogP contribution in [-0.4, -0.2) is 28.5 Å². The molecule has 0 aliphatic carbocycles. The fourth-order valence-electron chi connectivity index (χ4n) is 1.72. The number of hydrogen-bond donors (Lipinski definition) is 2. The van der Waals surface area contributed by atoms with Gasteiger partial charge in [0, 0.05) is 12.7 Å². The number of nitrogens with zero attached hydrogens (tertiary/aromatic N) is 1. The summed E-state index contributed by atoms with van der Waals surface area (Å²) in [7, 11) is 0. The Morgan fingerprint density at radius 3 is 2.45 bits per heavy atom. The molecule has 1 aromatic heterocycles. The van der Waals surface area contributed by atoms with Gasteiger partial charge in [0.25, 0.3) is 5.91 Å². The van der Waals surface area contributed by atoms with Gasteiger partial charge in [-0.2, -0.15) is 0 Å². The van der Waals surface area contributed by atoms with Gasteiger partial charge in [-0.1, -0.05) is 18.2 Å². The van der Waals surface area contributed by atoms with Gasteiger partial charge in [0.15, 0.2) is 0 Å². The van der Waals surface area contributed by atoms with Gasteiger partial charge in [-0.05, 0) is 36.2 Å². The van der Waals surface area contributed by atoms with Crippen molar-refractivity contribution in [2.24, 2.45) is 0 Å². The summed E-state index contributed by atoms with van der Waals surface area (Å²) in [5.74, 6) is -1.16. The third-order valence-electron chi connectivity index (χ3n) is 2.80. The molecule has 0 radical (unpaired) electrons. The Labute approximate surface area is 116 Å². The number of carboxylic acid groups (broad SMARTS) is 1. The standard InChI is InChI=1S/C15H14N2O3/c18-14(13-3-1-2-9-16-13)17-10-8-11-4-6-12(7-5-11)15(19)20/h1-7,9H,8,10H2,(H,17,18)(H,19,20). The molecule has 0 unspecified atom stereocenters. The molecule has 5 heteroatoms. The van der Waals surface area contributed by atoms with Crippen LogP contribution in [0.5, 0.6) is 0 Å². The highest BCUT2D eigenvalue weighted by Crippen LogP contribution is 2.05. The molecule has 2 aromatic rings. The van der Waals surface area contributed by atoms with Crippen LogP contribution in [0.2, 0.25) is 0 Å². The van der Waals surface area contributed by atoms with Gasteiger partial charge in [0.1, 0.15) is 5.69 Å². The summed E-state index contributed by atoms with van der Waals surface area (Å²) < 4.78 is 0. The van der Waals surface area contributed by atoms with Crippen molar-refractivity contribution >= 4 is 11.9 Å². The summed E-state index contributed by atoms with van der Waals surface area (Å²) in [5.41, 5.74) is 1.61. The van der Waals surface area contributed by atoms with E-state index in [1.807, 2.05) is 0 Å². The second-order valence-electron chi connectivity index (χ2n) is 4.22. The van der Waals surface area contributed by atoms with E-state index in [0.717, 1.165) is 5.56 Å². The van der Waals surface area contributed by atoms with Gasteiger partial charge < -0.3 is 10.4 Å². The maximum Gasteiger partial charge on any atom is 0.335 e. The van der Waals surface area contributed by atoms with E-state index in [4.69, 9.17) is 5.11 Å². The van der Waals surface area contributed by atoms with Crippen LogP contribution in [0.15, 0.2) is 48.7 Å². The minimum Gasteiger partial charge on any atom is -0.478 e. The molecule has 0 bridgehead atoms. The number of carbonyl (C=O) groups is 2. The number of rotatable bonds is 5. The van der Waals surface area contributed by atoms with Gasteiger partial charge in [-0.15, -0.1) is 0 Å². The Morgan fingerprint density at radius 1 is 1.10 bits per heavy atom. The molecule has 2 rings (SSSR count). The van der Waals surface area contributed by atoms with Crippen LogP contribution in [-0.2, 0) is 6.42 Å². The van der Waals surface area contributed by atoms with Crippen LogP contribution in [0, 0.1) is 0 Å². The van der Waals surface area contributed by atoms with Crippen molar-refractivity contribution in [3.05, 3.63) is 65.5 Å². The van der Waals surface area contributed by atoms with Crippen molar-refractivity contribution in [2.75, 3.05) is 6.54 Å². The summed E-state index contributed by atoms with van der Waals surface area (Å²) in [4.78, 5) is 26.4. The van der Waals surface area contributed by atoms with Gasteiger partial charge >= 0.3 is 5.97 Å². The molecule has 0 saturated heterocycles. The molecule has 0 aliphatic rings. The van der Waals surface area contributed by atoms with E-state index in [1.165, 1.54) is 0 Å². The zero-order chi connectivity index (χ0) is 14.4. The van der Waals surface area contributed by atoms with E-state index in [-0.39, 0.29) is 11.5 Å². The molecule has 1 heterocycles. The fourth-order valence-corrected chi connectivity index (χ4v) is 1.72. The van der Waals surface area contributed by atoms with Crippen LogP contribution in [0.1, 0.15) is 26.4 Å². The molecular weight excluding hydrogens is 256 g/mol. The predicted molar refractivity (Wildman–Crippen MR) is 73.7 cm³/mol. The second kappa shape index (κ2) is 6.47. The van der Waals surface area contributed by atoms with E-state index in [1.54, 1.807) is 48.7 Å². The summed E-state index contributed by atoms with van der Waals surface area (Å²) in [5, 5.41) is 11.6. The van der Waals surface area contributed by atoms with Crippen LogP contribution in [0.3, 0.4) is 0 Å². The molecule has 5 nitrogen and oxygen atoms in total.